The summed E-state index contributed by atoms with van der Waals surface area (Å²) in [5.74, 6) is -0.433. The molecule has 0 unspecified atom stereocenters. The van der Waals surface area contributed by atoms with E-state index in [2.05, 4.69) is 8.75 Å². The van der Waals surface area contributed by atoms with E-state index in [0.29, 0.717) is 52.6 Å². The summed E-state index contributed by atoms with van der Waals surface area (Å²) in [5, 5.41) is 12.5. The molecule has 0 atom stereocenters. The van der Waals surface area contributed by atoms with Crippen molar-refractivity contribution in [1.82, 2.24) is 8.75 Å². The second-order valence-electron chi connectivity index (χ2n) is 7.78. The number of hydrogen-bond acceptors (Lipinski definition) is 9. The number of rotatable bonds is 7. The van der Waals surface area contributed by atoms with Crippen LogP contribution in [0.15, 0.2) is 66.2 Å². The van der Waals surface area contributed by atoms with Gasteiger partial charge in [-0.15, -0.1) is 0 Å². The first-order valence-corrected chi connectivity index (χ1v) is 11.5. The molecule has 0 saturated heterocycles. The minimum atomic E-state index is -1.47. The average Bonchev–Trinajstić information content (AvgIpc) is 3.36. The first-order valence-electron chi connectivity index (χ1n) is 10.8. The van der Waals surface area contributed by atoms with Crippen LogP contribution in [0.3, 0.4) is 0 Å². The molecular formula is C26H19N2NaO6S. The summed E-state index contributed by atoms with van der Waals surface area (Å²) in [7, 11) is 1.52. The van der Waals surface area contributed by atoms with E-state index < -0.39 is 11.8 Å². The number of carboxylic acid groups (broad SMARTS) is 1. The Hall–Kier alpha value is -3.24. The number of fused-ring (bicyclic) bond motifs is 2. The van der Waals surface area contributed by atoms with Crippen molar-refractivity contribution < 1.29 is 58.5 Å². The van der Waals surface area contributed by atoms with E-state index in [4.69, 9.17) is 14.2 Å². The zero-order valence-electron chi connectivity index (χ0n) is 19.6. The van der Waals surface area contributed by atoms with Gasteiger partial charge in [-0.1, -0.05) is 24.3 Å². The van der Waals surface area contributed by atoms with E-state index in [-0.39, 0.29) is 52.7 Å². The van der Waals surface area contributed by atoms with E-state index in [0.717, 1.165) is 11.7 Å². The van der Waals surface area contributed by atoms with Gasteiger partial charge in [-0.25, -0.2) is 0 Å². The van der Waals surface area contributed by atoms with Crippen LogP contribution in [0.25, 0.3) is 16.6 Å². The summed E-state index contributed by atoms with van der Waals surface area (Å²) >= 11 is 1.03. The van der Waals surface area contributed by atoms with Crippen molar-refractivity contribution in [3.05, 3.63) is 82.9 Å². The summed E-state index contributed by atoms with van der Waals surface area (Å²) in [4.78, 5) is 26.4. The van der Waals surface area contributed by atoms with Crippen LogP contribution in [-0.2, 0) is 11.2 Å². The number of allylic oxidation sites excluding steroid dienone is 1. The van der Waals surface area contributed by atoms with Crippen molar-refractivity contribution >= 4 is 40.1 Å². The Kier molecular flexibility index (Phi) is 8.05. The van der Waals surface area contributed by atoms with Crippen LogP contribution in [0.5, 0.6) is 17.2 Å². The van der Waals surface area contributed by atoms with Gasteiger partial charge in [0.05, 0.1) is 24.8 Å². The third kappa shape index (κ3) is 5.15. The topological polar surface area (TPSA) is 111 Å². The molecule has 176 valence electrons. The number of benzene rings is 3. The third-order valence-corrected chi connectivity index (χ3v) is 6.24. The van der Waals surface area contributed by atoms with E-state index in [1.807, 2.05) is 0 Å². The molecule has 1 aliphatic heterocycles. The predicted molar refractivity (Wildman–Crippen MR) is 128 cm³/mol. The SMILES string of the molecule is COc1ccccc1CC(C(=O)c1ccc2c(c1)OCCO2)=C(C(=O)[O-])c1ccc2nsnc2c1.[Na+]. The van der Waals surface area contributed by atoms with E-state index in [1.165, 1.54) is 7.11 Å². The maximum absolute atomic E-state index is 13.9. The Morgan fingerprint density at radius 1 is 0.944 bits per heavy atom. The zero-order valence-corrected chi connectivity index (χ0v) is 22.5. The molecule has 36 heavy (non-hydrogen) atoms. The van der Waals surface area contributed by atoms with E-state index in [9.17, 15) is 14.7 Å². The number of nitrogens with zero attached hydrogens (tertiary/aromatic N) is 2. The standard InChI is InChI=1S/C26H20N2O6S.Na/c1-32-21-5-3-2-4-15(21)12-18(25(29)17-7-9-22-23(14-17)34-11-10-33-22)24(26(30)31)16-6-8-19-20(13-16)28-35-27-19;/h2-9,13-14H,10-12H2,1H3,(H,30,31);/q;+1/p-1. The molecule has 2 heterocycles. The number of carboxylic acids is 1. The molecule has 0 bridgehead atoms. The quantitative estimate of drug-likeness (QED) is 0.196. The van der Waals surface area contributed by atoms with E-state index in [1.54, 1.807) is 60.7 Å². The third-order valence-electron chi connectivity index (χ3n) is 5.69. The Morgan fingerprint density at radius 3 is 2.44 bits per heavy atom. The maximum atomic E-state index is 13.9. The molecule has 10 heteroatoms. The van der Waals surface area contributed by atoms with E-state index >= 15 is 0 Å². The van der Waals surface area contributed by atoms with Crippen molar-refractivity contribution in [2.24, 2.45) is 0 Å². The molecule has 4 aromatic rings. The second-order valence-corrected chi connectivity index (χ2v) is 8.31. The van der Waals surface area contributed by atoms with Crippen LogP contribution < -0.4 is 48.9 Å². The average molecular weight is 511 g/mol. The summed E-state index contributed by atoms with van der Waals surface area (Å²) in [6.07, 6.45) is 0.00789. The van der Waals surface area contributed by atoms with Gasteiger partial charge >= 0.3 is 29.6 Å². The van der Waals surface area contributed by atoms with Gasteiger partial charge in [0.1, 0.15) is 30.0 Å². The number of para-hydroxylation sites is 1. The minimum absolute atomic E-state index is 0. The number of Topliss-reactive ketones (excluding diaryl/α,β-unsaturated/α-hetero) is 1. The maximum Gasteiger partial charge on any atom is 1.00 e. The van der Waals surface area contributed by atoms with Crippen LogP contribution in [0.1, 0.15) is 21.5 Å². The molecule has 0 N–H and O–H groups in total. The van der Waals surface area contributed by atoms with Crippen LogP contribution >= 0.6 is 11.7 Å². The summed E-state index contributed by atoms with van der Waals surface area (Å²) < 4.78 is 25.0. The Bertz CT molecular complexity index is 1480. The first kappa shape index (κ1) is 25.8. The zero-order chi connectivity index (χ0) is 24.4. The van der Waals surface area contributed by atoms with Crippen molar-refractivity contribution in [2.75, 3.05) is 20.3 Å². The molecule has 0 aliphatic carbocycles. The van der Waals surface area contributed by atoms with Gasteiger partial charge in [0.25, 0.3) is 0 Å². The van der Waals surface area contributed by atoms with Gasteiger partial charge in [-0.05, 0) is 47.5 Å². The van der Waals surface area contributed by atoms with Crippen molar-refractivity contribution in [3.8, 4) is 17.2 Å². The number of aromatic nitrogens is 2. The molecule has 3 aromatic carbocycles. The molecule has 1 aromatic heterocycles. The fraction of sp³-hybridized carbons (Fsp3) is 0.154. The molecule has 0 saturated carbocycles. The van der Waals surface area contributed by atoms with Gasteiger partial charge in [0.15, 0.2) is 17.3 Å². The Balaban J connectivity index is 0.00000304. The van der Waals surface area contributed by atoms with Gasteiger partial charge in [-0.3, -0.25) is 4.79 Å². The van der Waals surface area contributed by atoms with Gasteiger partial charge in [0, 0.05) is 23.1 Å². The largest absolute Gasteiger partial charge is 1.00 e. The molecular weight excluding hydrogens is 491 g/mol. The number of hydrogen-bond donors (Lipinski definition) is 0. The van der Waals surface area contributed by atoms with Gasteiger partial charge in [0.2, 0.25) is 0 Å². The molecule has 0 amide bonds. The number of carbonyl (C=O) groups is 2. The van der Waals surface area contributed by atoms with Crippen LogP contribution in [-0.4, -0.2) is 40.8 Å². The van der Waals surface area contributed by atoms with Crippen LogP contribution in [0.2, 0.25) is 0 Å². The van der Waals surface area contributed by atoms with Crippen LogP contribution in [0, 0.1) is 0 Å². The van der Waals surface area contributed by atoms with Crippen molar-refractivity contribution in [3.63, 3.8) is 0 Å². The Morgan fingerprint density at radius 2 is 1.67 bits per heavy atom. The normalized spacial score (nSPS) is 12.9. The molecule has 0 radical (unpaired) electrons. The summed E-state index contributed by atoms with van der Waals surface area (Å²) in [6.45, 7) is 0.780. The molecule has 1 aliphatic rings. The number of carbonyl (C=O) groups excluding carboxylic acids is 2. The van der Waals surface area contributed by atoms with Gasteiger partial charge in [-0.2, -0.15) is 8.75 Å². The number of ether oxygens (including phenoxy) is 3. The first-order chi connectivity index (χ1) is 17.0. The molecule has 0 spiro atoms. The number of ketones is 1. The minimum Gasteiger partial charge on any atom is -0.545 e. The number of methoxy groups -OCH3 is 1. The smallest absolute Gasteiger partial charge is 0.545 e. The number of aliphatic carboxylic acids is 1. The second kappa shape index (κ2) is 11.2. The molecule has 5 rings (SSSR count). The van der Waals surface area contributed by atoms with Crippen molar-refractivity contribution in [1.29, 1.82) is 0 Å². The molecule has 8 nitrogen and oxygen atoms in total. The monoisotopic (exact) mass is 510 g/mol. The predicted octanol–water partition coefficient (Wildman–Crippen LogP) is 0.104. The fourth-order valence-electron chi connectivity index (χ4n) is 4.03. The van der Waals surface area contributed by atoms with Crippen molar-refractivity contribution in [2.45, 2.75) is 6.42 Å². The van der Waals surface area contributed by atoms with Gasteiger partial charge < -0.3 is 24.1 Å². The summed E-state index contributed by atoms with van der Waals surface area (Å²) in [5.41, 5.74) is 2.25. The van der Waals surface area contributed by atoms with Crippen LogP contribution in [0.4, 0.5) is 0 Å². The Labute approximate surface area is 233 Å². The fourth-order valence-corrected chi connectivity index (χ4v) is 4.55. The molecule has 0 fully saturated rings. The summed E-state index contributed by atoms with van der Waals surface area (Å²) in [6, 6.07) is 16.8.